The predicted molar refractivity (Wildman–Crippen MR) is 62.7 cm³/mol. The van der Waals surface area contributed by atoms with Crippen LogP contribution in [0.1, 0.15) is 19.0 Å². The van der Waals surface area contributed by atoms with Gasteiger partial charge in [-0.05, 0) is 6.07 Å². The lowest BCUT2D eigenvalue weighted by atomic mass is 9.97. The number of nitrogens with zero attached hydrogens (tertiary/aromatic N) is 3. The summed E-state index contributed by atoms with van der Waals surface area (Å²) in [6.45, 7) is 2.06. The first-order valence-electron chi connectivity index (χ1n) is 5.12. The second kappa shape index (κ2) is 4.30. The first-order valence-corrected chi connectivity index (χ1v) is 5.12. The zero-order valence-corrected chi connectivity index (χ0v) is 9.34. The van der Waals surface area contributed by atoms with Gasteiger partial charge >= 0.3 is 0 Å². The molecule has 0 saturated carbocycles. The fourth-order valence-corrected chi connectivity index (χ4v) is 1.64. The van der Waals surface area contributed by atoms with Gasteiger partial charge in [-0.2, -0.15) is 5.10 Å². The third-order valence-electron chi connectivity index (χ3n) is 2.46. The van der Waals surface area contributed by atoms with Crippen LogP contribution in [-0.4, -0.2) is 23.6 Å². The van der Waals surface area contributed by atoms with Gasteiger partial charge in [0.15, 0.2) is 0 Å². The molecule has 0 bridgehead atoms. The average molecular weight is 218 g/mol. The third kappa shape index (κ3) is 2.03. The molecule has 1 aromatic heterocycles. The molecule has 2 heterocycles. The summed E-state index contributed by atoms with van der Waals surface area (Å²) >= 11 is 0. The van der Waals surface area contributed by atoms with Crippen LogP contribution < -0.4 is 10.5 Å². The number of ether oxygens (including phenoxy) is 1. The number of nitrogens with two attached hydrogens (primary N) is 1. The summed E-state index contributed by atoms with van der Waals surface area (Å²) in [5.41, 5.74) is 7.27. The van der Waals surface area contributed by atoms with E-state index in [0.717, 1.165) is 17.8 Å². The normalized spacial score (nSPS) is 20.0. The molecule has 1 unspecified atom stereocenters. The zero-order valence-electron chi connectivity index (χ0n) is 9.34. The second-order valence-corrected chi connectivity index (χ2v) is 3.75. The molecule has 84 valence electrons. The molecule has 0 amide bonds. The minimum Gasteiger partial charge on any atom is -0.481 e. The highest BCUT2D eigenvalue weighted by Gasteiger charge is 2.19. The van der Waals surface area contributed by atoms with E-state index >= 15 is 0 Å². The van der Waals surface area contributed by atoms with Crippen molar-refractivity contribution in [2.75, 3.05) is 7.11 Å². The largest absolute Gasteiger partial charge is 0.481 e. The van der Waals surface area contributed by atoms with Crippen LogP contribution >= 0.6 is 0 Å². The lowest BCUT2D eigenvalue weighted by Crippen LogP contribution is -2.25. The molecule has 0 saturated heterocycles. The molecular formula is C11H14N4O. The van der Waals surface area contributed by atoms with Crippen molar-refractivity contribution in [3.05, 3.63) is 23.9 Å². The molecular weight excluding hydrogens is 204 g/mol. The molecule has 0 radical (unpaired) electrons. The SMILES string of the molecule is COc1cccc(C2=NN=C(N)CC2C)n1. The molecule has 0 aliphatic carbocycles. The van der Waals surface area contributed by atoms with Crippen molar-refractivity contribution in [1.29, 1.82) is 0 Å². The number of methoxy groups -OCH3 is 1. The van der Waals surface area contributed by atoms with Crippen molar-refractivity contribution in [3.63, 3.8) is 0 Å². The molecule has 1 atom stereocenters. The van der Waals surface area contributed by atoms with Gasteiger partial charge in [-0.25, -0.2) is 4.98 Å². The van der Waals surface area contributed by atoms with Crippen molar-refractivity contribution in [2.45, 2.75) is 13.3 Å². The molecule has 1 aliphatic heterocycles. The topological polar surface area (TPSA) is 72.9 Å². The van der Waals surface area contributed by atoms with E-state index in [4.69, 9.17) is 10.5 Å². The zero-order chi connectivity index (χ0) is 11.5. The fourth-order valence-electron chi connectivity index (χ4n) is 1.64. The van der Waals surface area contributed by atoms with Crippen LogP contribution in [0.25, 0.3) is 0 Å². The Balaban J connectivity index is 2.36. The predicted octanol–water partition coefficient (Wildman–Crippen LogP) is 1.19. The number of hydrogen-bond acceptors (Lipinski definition) is 5. The fraction of sp³-hybridized carbons (Fsp3) is 0.364. The lowest BCUT2D eigenvalue weighted by molar-refractivity contribution is 0.397. The van der Waals surface area contributed by atoms with Crippen LogP contribution in [0.4, 0.5) is 0 Å². The summed E-state index contributed by atoms with van der Waals surface area (Å²) in [6, 6.07) is 5.59. The molecule has 1 aliphatic rings. The Labute approximate surface area is 94.0 Å². The maximum atomic E-state index is 5.62. The average Bonchev–Trinajstić information content (AvgIpc) is 2.29. The highest BCUT2D eigenvalue weighted by atomic mass is 16.5. The molecule has 2 rings (SSSR count). The number of pyridine rings is 1. The van der Waals surface area contributed by atoms with Gasteiger partial charge in [-0.3, -0.25) is 0 Å². The monoisotopic (exact) mass is 218 g/mol. The van der Waals surface area contributed by atoms with Gasteiger partial charge in [0, 0.05) is 18.4 Å². The second-order valence-electron chi connectivity index (χ2n) is 3.75. The van der Waals surface area contributed by atoms with E-state index in [1.807, 2.05) is 12.1 Å². The van der Waals surface area contributed by atoms with Crippen molar-refractivity contribution in [3.8, 4) is 5.88 Å². The number of amidine groups is 1. The van der Waals surface area contributed by atoms with E-state index in [1.54, 1.807) is 13.2 Å². The summed E-state index contributed by atoms with van der Waals surface area (Å²) in [6.07, 6.45) is 0.720. The van der Waals surface area contributed by atoms with Crippen LogP contribution in [0, 0.1) is 5.92 Å². The van der Waals surface area contributed by atoms with E-state index < -0.39 is 0 Å². The van der Waals surface area contributed by atoms with E-state index in [-0.39, 0.29) is 5.92 Å². The van der Waals surface area contributed by atoms with Gasteiger partial charge in [-0.15, -0.1) is 5.10 Å². The smallest absolute Gasteiger partial charge is 0.213 e. The van der Waals surface area contributed by atoms with Crippen LogP contribution in [-0.2, 0) is 0 Å². The molecule has 1 aromatic rings. The highest BCUT2D eigenvalue weighted by molar-refractivity contribution is 6.04. The van der Waals surface area contributed by atoms with E-state index in [1.165, 1.54) is 0 Å². The van der Waals surface area contributed by atoms with Crippen LogP contribution in [0.2, 0.25) is 0 Å². The maximum absolute atomic E-state index is 5.62. The third-order valence-corrected chi connectivity index (χ3v) is 2.46. The minimum atomic E-state index is 0.233. The van der Waals surface area contributed by atoms with Gasteiger partial charge < -0.3 is 10.5 Å². The maximum Gasteiger partial charge on any atom is 0.213 e. The molecule has 0 aromatic carbocycles. The Morgan fingerprint density at radius 1 is 1.38 bits per heavy atom. The Bertz CT molecular complexity index is 453. The Morgan fingerprint density at radius 3 is 2.88 bits per heavy atom. The van der Waals surface area contributed by atoms with Gasteiger partial charge in [-0.1, -0.05) is 13.0 Å². The van der Waals surface area contributed by atoms with Crippen molar-refractivity contribution < 1.29 is 4.74 Å². The van der Waals surface area contributed by atoms with Crippen LogP contribution in [0.5, 0.6) is 5.88 Å². The van der Waals surface area contributed by atoms with Gasteiger partial charge in [0.05, 0.1) is 18.5 Å². The first-order chi connectivity index (χ1) is 7.70. The van der Waals surface area contributed by atoms with Gasteiger partial charge in [0.1, 0.15) is 5.84 Å². The Kier molecular flexibility index (Phi) is 2.85. The standard InChI is InChI=1S/C11H14N4O/c1-7-6-9(12)14-15-11(7)8-4-3-5-10(13-8)16-2/h3-5,7H,6H2,1-2H3,(H2,12,14). The van der Waals surface area contributed by atoms with Gasteiger partial charge in [0.2, 0.25) is 5.88 Å². The Morgan fingerprint density at radius 2 is 2.19 bits per heavy atom. The number of hydrogen-bond donors (Lipinski definition) is 1. The molecule has 16 heavy (non-hydrogen) atoms. The van der Waals surface area contributed by atoms with Crippen molar-refractivity contribution in [1.82, 2.24) is 4.98 Å². The summed E-state index contributed by atoms with van der Waals surface area (Å²) in [5, 5.41) is 7.99. The van der Waals surface area contributed by atoms with E-state index in [2.05, 4.69) is 22.1 Å². The molecule has 0 spiro atoms. The van der Waals surface area contributed by atoms with Crippen LogP contribution in [0.15, 0.2) is 28.4 Å². The minimum absolute atomic E-state index is 0.233. The summed E-state index contributed by atoms with van der Waals surface area (Å²) in [7, 11) is 1.59. The summed E-state index contributed by atoms with van der Waals surface area (Å²) in [5.74, 6) is 1.38. The summed E-state index contributed by atoms with van der Waals surface area (Å²) < 4.78 is 5.08. The highest BCUT2D eigenvalue weighted by Crippen LogP contribution is 2.17. The van der Waals surface area contributed by atoms with E-state index in [0.29, 0.717) is 11.7 Å². The number of aromatic nitrogens is 1. The number of rotatable bonds is 2. The molecule has 5 heteroatoms. The molecule has 5 nitrogen and oxygen atoms in total. The Hall–Kier alpha value is -1.91. The lowest BCUT2D eigenvalue weighted by Gasteiger charge is -2.16. The van der Waals surface area contributed by atoms with Crippen molar-refractivity contribution >= 4 is 11.5 Å². The molecule has 0 fully saturated rings. The summed E-state index contributed by atoms with van der Waals surface area (Å²) in [4.78, 5) is 4.33. The quantitative estimate of drug-likeness (QED) is 0.810. The van der Waals surface area contributed by atoms with E-state index in [9.17, 15) is 0 Å². The van der Waals surface area contributed by atoms with Crippen LogP contribution in [0.3, 0.4) is 0 Å². The van der Waals surface area contributed by atoms with Gasteiger partial charge in [0.25, 0.3) is 0 Å². The first kappa shape index (κ1) is 10.6. The molecule has 2 N–H and O–H groups in total. The van der Waals surface area contributed by atoms with Crippen molar-refractivity contribution in [2.24, 2.45) is 21.9 Å².